The number of halogens is 1. The number of anilines is 1. The van der Waals surface area contributed by atoms with Crippen molar-refractivity contribution in [2.75, 3.05) is 11.1 Å². The number of allylic oxidation sites excluding steroid dienone is 1. The van der Waals surface area contributed by atoms with Crippen LogP contribution >= 0.6 is 23.1 Å². The van der Waals surface area contributed by atoms with Crippen LogP contribution in [0, 0.1) is 5.82 Å². The van der Waals surface area contributed by atoms with Crippen molar-refractivity contribution in [1.82, 2.24) is 25.1 Å². The second kappa shape index (κ2) is 10.4. The van der Waals surface area contributed by atoms with Gasteiger partial charge < -0.3 is 15.2 Å². The van der Waals surface area contributed by atoms with Crippen molar-refractivity contribution in [1.29, 1.82) is 0 Å². The number of para-hydroxylation sites is 1. The number of thiazole rings is 1. The third-order valence-corrected chi connectivity index (χ3v) is 6.42. The Bertz CT molecular complexity index is 1290. The van der Waals surface area contributed by atoms with Gasteiger partial charge in [0.05, 0.1) is 28.1 Å². The number of fused-ring (bicyclic) bond motifs is 1. The Morgan fingerprint density at radius 2 is 1.94 bits per heavy atom. The number of thioether (sulfide) groups is 1. The highest BCUT2D eigenvalue weighted by molar-refractivity contribution is 7.99. The van der Waals surface area contributed by atoms with Crippen LogP contribution in [0.15, 0.2) is 66.3 Å². The highest BCUT2D eigenvalue weighted by Crippen LogP contribution is 2.26. The summed E-state index contributed by atoms with van der Waals surface area (Å²) < 4.78 is 16.5. The number of carbonyl (C=O) groups excluding carboxylic acids is 2. The maximum atomic E-state index is 13.8. The van der Waals surface area contributed by atoms with E-state index in [-0.39, 0.29) is 23.8 Å². The number of hydrogen-bond donors (Lipinski definition) is 2. The molecule has 4 rings (SSSR count). The van der Waals surface area contributed by atoms with Crippen molar-refractivity contribution in [3.05, 3.63) is 78.4 Å². The van der Waals surface area contributed by atoms with E-state index in [4.69, 9.17) is 0 Å². The van der Waals surface area contributed by atoms with E-state index < -0.39 is 11.7 Å². The highest BCUT2D eigenvalue weighted by atomic mass is 32.2. The molecule has 0 fully saturated rings. The smallest absolute Gasteiger partial charge is 0.254 e. The molecule has 0 bridgehead atoms. The van der Waals surface area contributed by atoms with Crippen molar-refractivity contribution in [3.63, 3.8) is 0 Å². The fourth-order valence-electron chi connectivity index (χ4n) is 2.98. The summed E-state index contributed by atoms with van der Waals surface area (Å²) in [6.07, 6.45) is 1.66. The fraction of sp³-hybridized carbons (Fsp3) is 0.136. The van der Waals surface area contributed by atoms with Crippen LogP contribution < -0.4 is 10.6 Å². The zero-order chi connectivity index (χ0) is 23.2. The van der Waals surface area contributed by atoms with Crippen molar-refractivity contribution < 1.29 is 14.0 Å². The Morgan fingerprint density at radius 3 is 2.73 bits per heavy atom. The van der Waals surface area contributed by atoms with Gasteiger partial charge in [-0.1, -0.05) is 53.4 Å². The molecule has 0 saturated heterocycles. The summed E-state index contributed by atoms with van der Waals surface area (Å²) >= 11 is 2.61. The van der Waals surface area contributed by atoms with Crippen LogP contribution in [-0.4, -0.2) is 37.3 Å². The number of rotatable bonds is 9. The van der Waals surface area contributed by atoms with Gasteiger partial charge in [-0.25, -0.2) is 9.37 Å². The van der Waals surface area contributed by atoms with E-state index >= 15 is 0 Å². The molecule has 2 aromatic heterocycles. The van der Waals surface area contributed by atoms with E-state index in [0.29, 0.717) is 22.7 Å². The second-order valence-electron chi connectivity index (χ2n) is 6.78. The SMILES string of the molecule is C=CCn1c(CNC(=O)c2ccccc2F)nnc1SCC(=O)Nc1nc2ccccc2s1. The molecule has 8 nitrogen and oxygen atoms in total. The lowest BCUT2D eigenvalue weighted by molar-refractivity contribution is -0.113. The molecule has 0 unspecified atom stereocenters. The summed E-state index contributed by atoms with van der Waals surface area (Å²) in [6.45, 7) is 4.17. The first-order chi connectivity index (χ1) is 16.0. The Kier molecular flexibility index (Phi) is 7.10. The molecule has 4 aromatic rings. The number of nitrogens with one attached hydrogen (secondary N) is 2. The molecular formula is C22H19FN6O2S2. The topological polar surface area (TPSA) is 102 Å². The summed E-state index contributed by atoms with van der Waals surface area (Å²) in [5.74, 6) is -0.800. The third-order valence-electron chi connectivity index (χ3n) is 4.50. The number of nitrogens with zero attached hydrogens (tertiary/aromatic N) is 4. The highest BCUT2D eigenvalue weighted by Gasteiger charge is 2.16. The average molecular weight is 483 g/mol. The largest absolute Gasteiger partial charge is 0.345 e. The van der Waals surface area contributed by atoms with Crippen LogP contribution in [0.4, 0.5) is 9.52 Å². The van der Waals surface area contributed by atoms with Crippen molar-refractivity contribution in [2.45, 2.75) is 18.2 Å². The van der Waals surface area contributed by atoms with Gasteiger partial charge in [0.15, 0.2) is 16.1 Å². The molecule has 168 valence electrons. The van der Waals surface area contributed by atoms with Crippen molar-refractivity contribution in [3.8, 4) is 0 Å². The molecule has 11 heteroatoms. The summed E-state index contributed by atoms with van der Waals surface area (Å²) in [6, 6.07) is 13.4. The summed E-state index contributed by atoms with van der Waals surface area (Å²) in [5.41, 5.74) is 0.784. The van der Waals surface area contributed by atoms with Gasteiger partial charge in [0.25, 0.3) is 5.91 Å². The molecule has 2 N–H and O–H groups in total. The molecule has 0 aliphatic heterocycles. The number of benzene rings is 2. The Morgan fingerprint density at radius 1 is 1.15 bits per heavy atom. The minimum atomic E-state index is -0.599. The number of aromatic nitrogens is 4. The molecule has 0 radical (unpaired) electrons. The average Bonchev–Trinajstić information content (AvgIpc) is 3.39. The quantitative estimate of drug-likeness (QED) is 0.277. The van der Waals surface area contributed by atoms with E-state index in [1.807, 2.05) is 24.3 Å². The fourth-order valence-corrected chi connectivity index (χ4v) is 4.63. The van der Waals surface area contributed by atoms with Crippen molar-refractivity contribution >= 4 is 50.3 Å². The molecule has 0 saturated carbocycles. The molecule has 33 heavy (non-hydrogen) atoms. The maximum absolute atomic E-state index is 13.8. The Hall–Kier alpha value is -3.57. The van der Waals surface area contributed by atoms with Crippen molar-refractivity contribution in [2.24, 2.45) is 0 Å². The van der Waals surface area contributed by atoms with Gasteiger partial charge in [0.2, 0.25) is 5.91 Å². The normalized spacial score (nSPS) is 10.8. The number of hydrogen-bond acceptors (Lipinski definition) is 7. The Labute approximate surface area is 196 Å². The van der Waals surface area contributed by atoms with Crippen LogP contribution in [-0.2, 0) is 17.9 Å². The van der Waals surface area contributed by atoms with Crippen LogP contribution in [0.2, 0.25) is 0 Å². The van der Waals surface area contributed by atoms with Gasteiger partial charge in [0, 0.05) is 6.54 Å². The molecule has 0 aliphatic carbocycles. The molecule has 0 spiro atoms. The zero-order valence-electron chi connectivity index (χ0n) is 17.3. The van der Waals surface area contributed by atoms with Crippen LogP contribution in [0.25, 0.3) is 10.2 Å². The van der Waals surface area contributed by atoms with Crippen LogP contribution in [0.1, 0.15) is 16.2 Å². The minimum absolute atomic E-state index is 0.0478. The van der Waals surface area contributed by atoms with Gasteiger partial charge in [0.1, 0.15) is 5.82 Å². The molecule has 2 aromatic carbocycles. The standard InChI is InChI=1S/C22H19FN6O2S2/c1-2-11-29-18(12-24-20(31)14-7-3-4-8-15(14)23)27-28-22(29)32-13-19(30)26-21-25-16-9-5-6-10-17(16)33-21/h2-10H,1,11-13H2,(H,24,31)(H,25,26,30). The van der Waals surface area contributed by atoms with Crippen LogP contribution in [0.3, 0.4) is 0 Å². The molecule has 0 aliphatic rings. The number of carbonyl (C=O) groups is 2. The molecular weight excluding hydrogens is 463 g/mol. The van der Waals surface area contributed by atoms with E-state index in [1.165, 1.54) is 41.3 Å². The molecule has 0 atom stereocenters. The maximum Gasteiger partial charge on any atom is 0.254 e. The van der Waals surface area contributed by atoms with Gasteiger partial charge in [-0.3, -0.25) is 9.59 Å². The van der Waals surface area contributed by atoms with Crippen LogP contribution in [0.5, 0.6) is 0 Å². The lowest BCUT2D eigenvalue weighted by Crippen LogP contribution is -2.25. The summed E-state index contributed by atoms with van der Waals surface area (Å²) in [7, 11) is 0. The van der Waals surface area contributed by atoms with Gasteiger partial charge in [-0.15, -0.1) is 16.8 Å². The first-order valence-electron chi connectivity index (χ1n) is 9.89. The van der Waals surface area contributed by atoms with E-state index in [1.54, 1.807) is 16.7 Å². The lowest BCUT2D eigenvalue weighted by atomic mass is 10.2. The first kappa shape index (κ1) is 22.6. The molecule has 2 amide bonds. The monoisotopic (exact) mass is 482 g/mol. The van der Waals surface area contributed by atoms with E-state index in [2.05, 4.69) is 32.4 Å². The van der Waals surface area contributed by atoms with E-state index in [0.717, 1.165) is 10.2 Å². The van der Waals surface area contributed by atoms with Gasteiger partial charge >= 0.3 is 0 Å². The third kappa shape index (κ3) is 5.44. The second-order valence-corrected chi connectivity index (χ2v) is 8.76. The Balaban J connectivity index is 1.37. The first-order valence-corrected chi connectivity index (χ1v) is 11.7. The predicted octanol–water partition coefficient (Wildman–Crippen LogP) is 3.87. The summed E-state index contributed by atoms with van der Waals surface area (Å²) in [5, 5.41) is 14.7. The zero-order valence-corrected chi connectivity index (χ0v) is 19.0. The molecule has 2 heterocycles. The van der Waals surface area contributed by atoms with Gasteiger partial charge in [-0.05, 0) is 24.3 Å². The summed E-state index contributed by atoms with van der Waals surface area (Å²) in [4.78, 5) is 29.1. The predicted molar refractivity (Wildman–Crippen MR) is 127 cm³/mol. The van der Waals surface area contributed by atoms with E-state index in [9.17, 15) is 14.0 Å². The van der Waals surface area contributed by atoms with Gasteiger partial charge in [-0.2, -0.15) is 0 Å². The lowest BCUT2D eigenvalue weighted by Gasteiger charge is -2.09. The minimum Gasteiger partial charge on any atom is -0.345 e. The number of amides is 2.